The first-order valence-electron chi connectivity index (χ1n) is 10.1. The van der Waals surface area contributed by atoms with Crippen molar-refractivity contribution >= 4 is 17.3 Å². The van der Waals surface area contributed by atoms with E-state index in [1.54, 1.807) is 12.1 Å². The van der Waals surface area contributed by atoms with Gasteiger partial charge in [0, 0.05) is 30.3 Å². The molecule has 2 atom stereocenters. The number of aromatic nitrogens is 2. The van der Waals surface area contributed by atoms with Gasteiger partial charge in [0.1, 0.15) is 5.82 Å². The topological polar surface area (TPSA) is 36.3 Å². The maximum atomic E-state index is 13.5. The number of halogens is 1. The van der Waals surface area contributed by atoms with Gasteiger partial charge in [-0.15, -0.1) is 0 Å². The SMILES string of the molecule is CN(C)CCCN1C(=S)N[C@@H](c2ccccn2)[C@@H]1c1cccn1-c1ccc(F)cc1. The van der Waals surface area contributed by atoms with Crippen molar-refractivity contribution in [2.24, 2.45) is 0 Å². The largest absolute Gasteiger partial charge is 0.352 e. The minimum atomic E-state index is -0.243. The van der Waals surface area contributed by atoms with Gasteiger partial charge < -0.3 is 19.7 Å². The Morgan fingerprint density at radius 3 is 2.60 bits per heavy atom. The van der Waals surface area contributed by atoms with Crippen molar-refractivity contribution in [3.8, 4) is 5.69 Å². The van der Waals surface area contributed by atoms with Crippen molar-refractivity contribution in [1.82, 2.24) is 24.7 Å². The van der Waals surface area contributed by atoms with Crippen LogP contribution in [0.1, 0.15) is 29.9 Å². The van der Waals surface area contributed by atoms with Crippen LogP contribution in [0.4, 0.5) is 4.39 Å². The summed E-state index contributed by atoms with van der Waals surface area (Å²) >= 11 is 5.74. The summed E-state index contributed by atoms with van der Waals surface area (Å²) in [6, 6.07) is 16.6. The Hall–Kier alpha value is -2.77. The molecule has 3 heterocycles. The number of thiocarbonyl (C=S) groups is 1. The van der Waals surface area contributed by atoms with E-state index in [4.69, 9.17) is 12.2 Å². The Labute approximate surface area is 182 Å². The third-order valence-corrected chi connectivity index (χ3v) is 5.74. The fourth-order valence-electron chi connectivity index (χ4n) is 4.00. The van der Waals surface area contributed by atoms with Gasteiger partial charge in [-0.3, -0.25) is 4.98 Å². The lowest BCUT2D eigenvalue weighted by Crippen LogP contribution is -2.32. The molecule has 2 aromatic heterocycles. The molecule has 7 heteroatoms. The summed E-state index contributed by atoms with van der Waals surface area (Å²) in [5, 5.41) is 4.23. The van der Waals surface area contributed by atoms with Gasteiger partial charge in [0.15, 0.2) is 5.11 Å². The van der Waals surface area contributed by atoms with Crippen molar-refractivity contribution < 1.29 is 4.39 Å². The normalized spacial score (nSPS) is 18.8. The third-order valence-electron chi connectivity index (χ3n) is 5.39. The van der Waals surface area contributed by atoms with Crippen LogP contribution in [-0.2, 0) is 0 Å². The van der Waals surface area contributed by atoms with E-state index in [9.17, 15) is 4.39 Å². The number of hydrogen-bond donors (Lipinski definition) is 1. The first-order valence-corrected chi connectivity index (χ1v) is 10.5. The molecule has 1 aromatic carbocycles. The average Bonchev–Trinajstić information content (AvgIpc) is 3.34. The summed E-state index contributed by atoms with van der Waals surface area (Å²) in [7, 11) is 4.16. The van der Waals surface area contributed by atoms with Gasteiger partial charge in [0.2, 0.25) is 0 Å². The lowest BCUT2D eigenvalue weighted by molar-refractivity contribution is 0.286. The molecule has 0 spiro atoms. The van der Waals surface area contributed by atoms with Crippen LogP contribution in [0, 0.1) is 5.82 Å². The van der Waals surface area contributed by atoms with E-state index in [1.807, 2.05) is 36.7 Å². The van der Waals surface area contributed by atoms with E-state index in [1.165, 1.54) is 12.1 Å². The number of rotatable bonds is 7. The second kappa shape index (κ2) is 8.93. The number of benzene rings is 1. The van der Waals surface area contributed by atoms with E-state index >= 15 is 0 Å². The van der Waals surface area contributed by atoms with E-state index in [2.05, 4.69) is 44.8 Å². The molecule has 0 aliphatic carbocycles. The molecule has 156 valence electrons. The molecule has 0 bridgehead atoms. The molecule has 1 N–H and O–H groups in total. The Morgan fingerprint density at radius 2 is 1.90 bits per heavy atom. The quantitative estimate of drug-likeness (QED) is 0.583. The van der Waals surface area contributed by atoms with Gasteiger partial charge in [-0.1, -0.05) is 6.07 Å². The summed E-state index contributed by atoms with van der Waals surface area (Å²) in [5.74, 6) is -0.243. The van der Waals surface area contributed by atoms with Gasteiger partial charge in [0.25, 0.3) is 0 Å². The van der Waals surface area contributed by atoms with Crippen molar-refractivity contribution in [1.29, 1.82) is 0 Å². The summed E-state index contributed by atoms with van der Waals surface area (Å²) in [4.78, 5) is 9.03. The molecule has 0 unspecified atom stereocenters. The highest BCUT2D eigenvalue weighted by molar-refractivity contribution is 7.80. The van der Waals surface area contributed by atoms with E-state index in [0.717, 1.165) is 41.7 Å². The van der Waals surface area contributed by atoms with Crippen LogP contribution in [0.25, 0.3) is 5.69 Å². The summed E-state index contributed by atoms with van der Waals surface area (Å²) in [6.45, 7) is 1.83. The predicted molar refractivity (Wildman–Crippen MR) is 121 cm³/mol. The zero-order chi connectivity index (χ0) is 21.1. The lowest BCUT2D eigenvalue weighted by Gasteiger charge is -2.29. The number of hydrogen-bond acceptors (Lipinski definition) is 3. The van der Waals surface area contributed by atoms with Crippen LogP contribution < -0.4 is 5.32 Å². The highest BCUT2D eigenvalue weighted by Gasteiger charge is 2.40. The molecule has 4 rings (SSSR count). The monoisotopic (exact) mass is 423 g/mol. The highest BCUT2D eigenvalue weighted by Crippen LogP contribution is 2.39. The Kier molecular flexibility index (Phi) is 6.11. The Balaban J connectivity index is 1.73. The molecule has 1 saturated heterocycles. The summed E-state index contributed by atoms with van der Waals surface area (Å²) in [5.41, 5.74) is 2.96. The Morgan fingerprint density at radius 1 is 1.10 bits per heavy atom. The molecule has 5 nitrogen and oxygen atoms in total. The molecule has 30 heavy (non-hydrogen) atoms. The van der Waals surface area contributed by atoms with Crippen LogP contribution in [0.5, 0.6) is 0 Å². The summed E-state index contributed by atoms with van der Waals surface area (Å²) < 4.78 is 15.6. The van der Waals surface area contributed by atoms with Gasteiger partial charge in [-0.25, -0.2) is 4.39 Å². The molecule has 0 saturated carbocycles. The predicted octanol–water partition coefficient (Wildman–Crippen LogP) is 3.94. The van der Waals surface area contributed by atoms with Crippen LogP contribution in [0.15, 0.2) is 67.0 Å². The first kappa shape index (κ1) is 20.5. The average molecular weight is 424 g/mol. The second-order valence-electron chi connectivity index (χ2n) is 7.76. The van der Waals surface area contributed by atoms with Gasteiger partial charge >= 0.3 is 0 Å². The van der Waals surface area contributed by atoms with Crippen LogP contribution >= 0.6 is 12.2 Å². The van der Waals surface area contributed by atoms with Crippen molar-refractivity contribution in [3.63, 3.8) is 0 Å². The molecular weight excluding hydrogens is 397 g/mol. The van der Waals surface area contributed by atoms with E-state index in [-0.39, 0.29) is 17.9 Å². The van der Waals surface area contributed by atoms with Gasteiger partial charge in [-0.2, -0.15) is 0 Å². The van der Waals surface area contributed by atoms with Gasteiger partial charge in [0.05, 0.1) is 17.8 Å². The fourth-order valence-corrected chi connectivity index (χ4v) is 4.33. The third kappa shape index (κ3) is 4.22. The molecular formula is C23H26FN5S. The van der Waals surface area contributed by atoms with Crippen molar-refractivity contribution in [2.45, 2.75) is 18.5 Å². The van der Waals surface area contributed by atoms with E-state index in [0.29, 0.717) is 0 Å². The van der Waals surface area contributed by atoms with Crippen LogP contribution in [0.3, 0.4) is 0 Å². The maximum absolute atomic E-state index is 13.5. The molecule has 1 aliphatic rings. The van der Waals surface area contributed by atoms with Crippen molar-refractivity contribution in [3.05, 3.63) is 84.2 Å². The van der Waals surface area contributed by atoms with Crippen molar-refractivity contribution in [2.75, 3.05) is 27.2 Å². The molecule has 0 amide bonds. The maximum Gasteiger partial charge on any atom is 0.170 e. The minimum Gasteiger partial charge on any atom is -0.352 e. The zero-order valence-corrected chi connectivity index (χ0v) is 18.0. The number of pyridine rings is 1. The molecule has 0 radical (unpaired) electrons. The Bertz CT molecular complexity index is 986. The molecule has 1 aliphatic heterocycles. The van der Waals surface area contributed by atoms with Crippen LogP contribution in [0.2, 0.25) is 0 Å². The van der Waals surface area contributed by atoms with Gasteiger partial charge in [-0.05, 0) is 87.8 Å². The fraction of sp³-hybridized carbons (Fsp3) is 0.304. The number of nitrogens with zero attached hydrogens (tertiary/aromatic N) is 4. The summed E-state index contributed by atoms with van der Waals surface area (Å²) in [6.07, 6.45) is 4.82. The molecule has 3 aromatic rings. The second-order valence-corrected chi connectivity index (χ2v) is 8.14. The minimum absolute atomic E-state index is 0.0189. The van der Waals surface area contributed by atoms with Crippen LogP contribution in [-0.4, -0.2) is 51.6 Å². The zero-order valence-electron chi connectivity index (χ0n) is 17.2. The van der Waals surface area contributed by atoms with E-state index < -0.39 is 0 Å². The highest BCUT2D eigenvalue weighted by atomic mass is 32.1. The number of nitrogens with one attached hydrogen (secondary N) is 1. The first-order chi connectivity index (χ1) is 14.5. The lowest BCUT2D eigenvalue weighted by atomic mass is 10.0. The standard InChI is InChI=1S/C23H26FN5S/c1-27(2)14-6-16-29-22(21(26-23(29)30)19-7-3-4-13-25-19)20-8-5-15-28(20)18-11-9-17(24)10-12-18/h3-5,7-13,15,21-22H,6,14,16H2,1-2H3,(H,26,30)/t21-,22-/m0/s1. The smallest absolute Gasteiger partial charge is 0.170 e. The molecule has 1 fully saturated rings.